The fourth-order valence-electron chi connectivity index (χ4n) is 3.15. The summed E-state index contributed by atoms with van der Waals surface area (Å²) in [5, 5.41) is 1.78. The molecule has 0 unspecified atom stereocenters. The summed E-state index contributed by atoms with van der Waals surface area (Å²) in [7, 11) is -0.283. The van der Waals surface area contributed by atoms with Crippen LogP contribution in [0.5, 0.6) is 5.75 Å². The molecule has 2 aromatic heterocycles. The lowest BCUT2D eigenvalue weighted by molar-refractivity contribution is -0.274. The molecule has 1 aromatic carbocycles. The molecule has 0 atom stereocenters. The number of carbonyl (C=O) groups is 1. The van der Waals surface area contributed by atoms with Gasteiger partial charge in [0.15, 0.2) is 11.2 Å². The highest BCUT2D eigenvalue weighted by atomic mass is 32.2. The molecular formula is C18H18F3N5O6S. The standard InChI is InChI=1S/C18H18F3N5O6S/c1-24-14-13(15(28)26(3)17(29)25(14)2)23-16(24)33(30,31)8-7-12(27)22-10-5-4-6-11(9-10)32-18(19,20)21/h4-6,9H,7-8H2,1-3H3,(H,22,27). The first-order valence-electron chi connectivity index (χ1n) is 9.22. The molecule has 0 bridgehead atoms. The van der Waals surface area contributed by atoms with Crippen LogP contribution in [0.25, 0.3) is 11.2 Å². The molecule has 1 N–H and O–H groups in total. The van der Waals surface area contributed by atoms with Crippen molar-refractivity contribution in [2.45, 2.75) is 17.9 Å². The van der Waals surface area contributed by atoms with Gasteiger partial charge in [0.25, 0.3) is 5.56 Å². The third-order valence-electron chi connectivity index (χ3n) is 4.65. The van der Waals surface area contributed by atoms with Crippen molar-refractivity contribution in [3.63, 3.8) is 0 Å². The second kappa shape index (κ2) is 8.38. The van der Waals surface area contributed by atoms with Crippen LogP contribution in [0, 0.1) is 0 Å². The van der Waals surface area contributed by atoms with E-state index in [2.05, 4.69) is 15.0 Å². The highest BCUT2D eigenvalue weighted by Crippen LogP contribution is 2.25. The van der Waals surface area contributed by atoms with Crippen molar-refractivity contribution in [1.82, 2.24) is 18.7 Å². The zero-order valence-corrected chi connectivity index (χ0v) is 18.3. The fourth-order valence-corrected chi connectivity index (χ4v) is 4.52. The summed E-state index contributed by atoms with van der Waals surface area (Å²) < 4.78 is 69.2. The number of sulfone groups is 1. The third-order valence-corrected chi connectivity index (χ3v) is 6.31. The quantitative estimate of drug-likeness (QED) is 0.538. The van der Waals surface area contributed by atoms with Gasteiger partial charge in [-0.2, -0.15) is 0 Å². The predicted octanol–water partition coefficient (Wildman–Crippen LogP) is 0.672. The number of alkyl halides is 3. The monoisotopic (exact) mass is 489 g/mol. The summed E-state index contributed by atoms with van der Waals surface area (Å²) in [5.41, 5.74) is -1.71. The van der Waals surface area contributed by atoms with Crippen LogP contribution < -0.4 is 21.3 Å². The smallest absolute Gasteiger partial charge is 0.406 e. The number of fused-ring (bicyclic) bond motifs is 1. The van der Waals surface area contributed by atoms with Gasteiger partial charge in [0.2, 0.25) is 20.9 Å². The Bertz CT molecular complexity index is 1470. The number of carbonyl (C=O) groups excluding carboxylic acids is 1. The molecule has 1 amide bonds. The molecular weight excluding hydrogens is 471 g/mol. The minimum Gasteiger partial charge on any atom is -0.406 e. The number of hydrogen-bond acceptors (Lipinski definition) is 7. The van der Waals surface area contributed by atoms with Gasteiger partial charge in [-0.3, -0.25) is 18.7 Å². The van der Waals surface area contributed by atoms with Crippen molar-refractivity contribution < 1.29 is 31.1 Å². The molecule has 0 radical (unpaired) electrons. The summed E-state index contributed by atoms with van der Waals surface area (Å²) in [5.74, 6) is -2.05. The van der Waals surface area contributed by atoms with E-state index in [0.717, 1.165) is 25.8 Å². The van der Waals surface area contributed by atoms with Crippen molar-refractivity contribution in [3.05, 3.63) is 45.1 Å². The van der Waals surface area contributed by atoms with Crippen molar-refractivity contribution in [2.24, 2.45) is 21.1 Å². The average Bonchev–Trinajstić information content (AvgIpc) is 3.06. The van der Waals surface area contributed by atoms with Gasteiger partial charge in [0.05, 0.1) is 5.75 Å². The lowest BCUT2D eigenvalue weighted by Crippen LogP contribution is -2.37. The molecule has 11 nitrogen and oxygen atoms in total. The summed E-state index contributed by atoms with van der Waals surface area (Å²) in [4.78, 5) is 40.5. The van der Waals surface area contributed by atoms with E-state index in [4.69, 9.17) is 0 Å². The van der Waals surface area contributed by atoms with Crippen molar-refractivity contribution >= 4 is 32.6 Å². The van der Waals surface area contributed by atoms with E-state index in [0.29, 0.717) is 0 Å². The molecule has 2 heterocycles. The molecule has 0 saturated carbocycles. The minimum atomic E-state index is -4.91. The van der Waals surface area contributed by atoms with Gasteiger partial charge in [-0.1, -0.05) is 6.07 Å². The van der Waals surface area contributed by atoms with Gasteiger partial charge in [0.1, 0.15) is 5.75 Å². The number of aryl methyl sites for hydroxylation is 2. The number of nitrogens with one attached hydrogen (secondary N) is 1. The van der Waals surface area contributed by atoms with Gasteiger partial charge in [-0.05, 0) is 12.1 Å². The fraction of sp³-hybridized carbons (Fsp3) is 0.333. The minimum absolute atomic E-state index is 0.00685. The van der Waals surface area contributed by atoms with Crippen molar-refractivity contribution in [1.29, 1.82) is 0 Å². The Morgan fingerprint density at radius 3 is 2.42 bits per heavy atom. The summed E-state index contributed by atoms with van der Waals surface area (Å²) in [6.45, 7) is 0. The van der Waals surface area contributed by atoms with Crippen molar-refractivity contribution in [3.8, 4) is 5.75 Å². The average molecular weight is 489 g/mol. The molecule has 0 aliphatic heterocycles. The van der Waals surface area contributed by atoms with E-state index in [1.54, 1.807) is 0 Å². The van der Waals surface area contributed by atoms with E-state index in [9.17, 15) is 36.0 Å². The van der Waals surface area contributed by atoms with Crippen LogP contribution in [0.1, 0.15) is 6.42 Å². The second-order valence-corrected chi connectivity index (χ2v) is 9.03. The predicted molar refractivity (Wildman–Crippen MR) is 110 cm³/mol. The zero-order valence-electron chi connectivity index (χ0n) is 17.5. The van der Waals surface area contributed by atoms with Gasteiger partial charge in [0, 0.05) is 39.3 Å². The number of benzene rings is 1. The van der Waals surface area contributed by atoms with Gasteiger partial charge < -0.3 is 14.6 Å². The van der Waals surface area contributed by atoms with E-state index < -0.39 is 56.4 Å². The van der Waals surface area contributed by atoms with Crippen LogP contribution in [0.15, 0.2) is 39.0 Å². The van der Waals surface area contributed by atoms with E-state index in [1.165, 1.54) is 33.3 Å². The summed E-state index contributed by atoms with van der Waals surface area (Å²) in [6, 6.07) is 4.49. The Hall–Kier alpha value is -3.62. The van der Waals surface area contributed by atoms with Crippen LogP contribution in [0.2, 0.25) is 0 Å². The maximum absolute atomic E-state index is 12.8. The van der Waals surface area contributed by atoms with Gasteiger partial charge in [-0.25, -0.2) is 18.2 Å². The third kappa shape index (κ3) is 4.92. The van der Waals surface area contributed by atoms with Crippen LogP contribution in [-0.4, -0.2) is 45.1 Å². The molecule has 3 aromatic rings. The molecule has 15 heteroatoms. The lowest BCUT2D eigenvalue weighted by atomic mass is 10.3. The molecule has 178 valence electrons. The van der Waals surface area contributed by atoms with Crippen LogP contribution in [0.3, 0.4) is 0 Å². The van der Waals surface area contributed by atoms with Gasteiger partial charge >= 0.3 is 12.1 Å². The second-order valence-electron chi connectivity index (χ2n) is 7.02. The normalized spacial score (nSPS) is 12.2. The molecule has 0 saturated heterocycles. The molecule has 3 rings (SSSR count). The Kier molecular flexibility index (Phi) is 6.10. The number of amides is 1. The van der Waals surface area contributed by atoms with Crippen molar-refractivity contribution in [2.75, 3.05) is 11.1 Å². The summed E-state index contributed by atoms with van der Waals surface area (Å²) in [6.07, 6.45) is -5.46. The molecule has 33 heavy (non-hydrogen) atoms. The Morgan fingerprint density at radius 2 is 1.79 bits per heavy atom. The molecule has 0 spiro atoms. The number of halogens is 3. The van der Waals surface area contributed by atoms with E-state index in [1.807, 2.05) is 0 Å². The first kappa shape index (κ1) is 24.0. The lowest BCUT2D eigenvalue weighted by Gasteiger charge is -2.11. The highest BCUT2D eigenvalue weighted by Gasteiger charge is 2.31. The van der Waals surface area contributed by atoms with Crippen LogP contribution in [-0.2, 0) is 35.8 Å². The zero-order chi connectivity index (χ0) is 24.7. The first-order valence-corrected chi connectivity index (χ1v) is 10.9. The van der Waals surface area contributed by atoms with E-state index in [-0.39, 0.29) is 16.9 Å². The number of ether oxygens (including phenoxy) is 1. The maximum atomic E-state index is 12.8. The Labute approximate surface area is 183 Å². The Balaban J connectivity index is 1.80. The molecule has 0 aliphatic rings. The first-order chi connectivity index (χ1) is 15.2. The number of anilines is 1. The number of imidazole rings is 1. The number of aromatic nitrogens is 4. The number of nitrogens with zero attached hydrogens (tertiary/aromatic N) is 4. The Morgan fingerprint density at radius 1 is 1.12 bits per heavy atom. The molecule has 0 fully saturated rings. The largest absolute Gasteiger partial charge is 0.573 e. The highest BCUT2D eigenvalue weighted by molar-refractivity contribution is 7.91. The van der Waals surface area contributed by atoms with Gasteiger partial charge in [-0.15, -0.1) is 13.2 Å². The number of hydrogen-bond donors (Lipinski definition) is 1. The van der Waals surface area contributed by atoms with Crippen LogP contribution >= 0.6 is 0 Å². The summed E-state index contributed by atoms with van der Waals surface area (Å²) >= 11 is 0. The molecule has 0 aliphatic carbocycles. The topological polar surface area (TPSA) is 134 Å². The van der Waals surface area contributed by atoms with Crippen LogP contribution in [0.4, 0.5) is 18.9 Å². The number of rotatable bonds is 6. The van der Waals surface area contributed by atoms with E-state index >= 15 is 0 Å². The maximum Gasteiger partial charge on any atom is 0.573 e. The SMILES string of the molecule is Cn1c(=O)c2nc(S(=O)(=O)CCC(=O)Nc3cccc(OC(F)(F)F)c3)n(C)c2n(C)c1=O.